The number of H-pyrrole nitrogens is 2. The molecule has 0 saturated heterocycles. The highest BCUT2D eigenvalue weighted by atomic mass is 35.5. The molecule has 2 N–H and O–H groups in total. The van der Waals surface area contributed by atoms with Gasteiger partial charge in [0.15, 0.2) is 0 Å². The fraction of sp³-hybridized carbons (Fsp3) is 0. The predicted molar refractivity (Wildman–Crippen MR) is 130 cm³/mol. The summed E-state index contributed by atoms with van der Waals surface area (Å²) in [5.41, 5.74) is 6.75. The number of benzene rings is 3. The molecule has 0 spiro atoms. The molecule has 32 heavy (non-hydrogen) atoms. The van der Waals surface area contributed by atoms with Crippen molar-refractivity contribution in [1.82, 2.24) is 15.0 Å². The lowest BCUT2D eigenvalue weighted by Crippen LogP contribution is -1.83. The van der Waals surface area contributed by atoms with E-state index in [1.807, 2.05) is 60.8 Å². The third-order valence-corrected chi connectivity index (χ3v) is 5.77. The third kappa shape index (κ3) is 3.20. The SMILES string of the molecule is Clc1ccc(-c2[nH]c3ccccc3c2-c2coc(/N=C/c3c[nH]c4ccccc34)n2)cc1. The minimum Gasteiger partial charge on any atom is -0.430 e. The number of nitrogens with one attached hydrogen (secondary N) is 2. The van der Waals surface area contributed by atoms with Crippen LogP contribution in [-0.2, 0) is 0 Å². The average Bonchev–Trinajstić information content (AvgIpc) is 3.54. The normalized spacial score (nSPS) is 11.8. The van der Waals surface area contributed by atoms with E-state index in [1.54, 1.807) is 12.5 Å². The molecule has 0 amide bonds. The van der Waals surface area contributed by atoms with Crippen molar-refractivity contribution in [2.24, 2.45) is 4.99 Å². The van der Waals surface area contributed by atoms with Crippen molar-refractivity contribution in [3.63, 3.8) is 0 Å². The molecule has 0 fully saturated rings. The van der Waals surface area contributed by atoms with Gasteiger partial charge in [-0.05, 0) is 29.8 Å². The van der Waals surface area contributed by atoms with Crippen LogP contribution < -0.4 is 0 Å². The monoisotopic (exact) mass is 436 g/mol. The maximum absolute atomic E-state index is 6.10. The second-order valence-corrected chi connectivity index (χ2v) is 7.93. The van der Waals surface area contributed by atoms with Crippen molar-refractivity contribution in [3.8, 4) is 22.5 Å². The van der Waals surface area contributed by atoms with Gasteiger partial charge in [-0.25, -0.2) is 4.99 Å². The molecule has 3 heterocycles. The van der Waals surface area contributed by atoms with E-state index in [9.17, 15) is 0 Å². The van der Waals surface area contributed by atoms with E-state index in [0.29, 0.717) is 11.0 Å². The van der Waals surface area contributed by atoms with E-state index < -0.39 is 0 Å². The van der Waals surface area contributed by atoms with Crippen LogP contribution in [0.5, 0.6) is 0 Å². The zero-order valence-electron chi connectivity index (χ0n) is 16.8. The van der Waals surface area contributed by atoms with Gasteiger partial charge in [-0.1, -0.05) is 60.1 Å². The summed E-state index contributed by atoms with van der Waals surface area (Å²) in [7, 11) is 0. The fourth-order valence-electron chi connectivity index (χ4n) is 4.00. The van der Waals surface area contributed by atoms with Gasteiger partial charge in [0.2, 0.25) is 0 Å². The van der Waals surface area contributed by atoms with Gasteiger partial charge in [0, 0.05) is 50.4 Å². The number of hydrogen-bond acceptors (Lipinski definition) is 3. The summed E-state index contributed by atoms with van der Waals surface area (Å²) in [4.78, 5) is 15.9. The Morgan fingerprint density at radius 3 is 2.47 bits per heavy atom. The zero-order valence-corrected chi connectivity index (χ0v) is 17.6. The molecule has 0 radical (unpaired) electrons. The molecule has 154 valence electrons. The molecule has 6 heteroatoms. The minimum atomic E-state index is 0.303. The summed E-state index contributed by atoms with van der Waals surface area (Å²) in [6.45, 7) is 0. The van der Waals surface area contributed by atoms with Crippen LogP contribution in [0, 0.1) is 0 Å². The van der Waals surface area contributed by atoms with Gasteiger partial charge in [0.05, 0.1) is 5.69 Å². The molecule has 6 rings (SSSR count). The highest BCUT2D eigenvalue weighted by Crippen LogP contribution is 2.38. The molecule has 5 nitrogen and oxygen atoms in total. The molecular weight excluding hydrogens is 420 g/mol. The van der Waals surface area contributed by atoms with Crippen molar-refractivity contribution in [2.75, 3.05) is 0 Å². The van der Waals surface area contributed by atoms with Crippen molar-refractivity contribution in [2.45, 2.75) is 0 Å². The molecule has 0 atom stereocenters. The molecular formula is C26H17ClN4O. The summed E-state index contributed by atoms with van der Waals surface area (Å²) in [5.74, 6) is 0. The van der Waals surface area contributed by atoms with E-state index in [1.165, 1.54) is 0 Å². The maximum Gasteiger partial charge on any atom is 0.322 e. The summed E-state index contributed by atoms with van der Waals surface area (Å²) in [6, 6.07) is 24.3. The first-order valence-electron chi connectivity index (χ1n) is 10.2. The van der Waals surface area contributed by atoms with Crippen LogP contribution in [0.15, 0.2) is 94.7 Å². The number of hydrogen-bond donors (Lipinski definition) is 2. The second-order valence-electron chi connectivity index (χ2n) is 7.49. The van der Waals surface area contributed by atoms with Crippen molar-refractivity contribution in [3.05, 3.63) is 95.8 Å². The van der Waals surface area contributed by atoms with Crippen LogP contribution in [0.1, 0.15) is 5.56 Å². The fourth-order valence-corrected chi connectivity index (χ4v) is 4.13. The molecule has 3 aromatic carbocycles. The van der Waals surface area contributed by atoms with E-state index in [2.05, 4.69) is 38.1 Å². The quantitative estimate of drug-likeness (QED) is 0.283. The Morgan fingerprint density at radius 1 is 0.875 bits per heavy atom. The number of oxazole rings is 1. The van der Waals surface area contributed by atoms with E-state index in [4.69, 9.17) is 16.0 Å². The zero-order chi connectivity index (χ0) is 21.5. The summed E-state index contributed by atoms with van der Waals surface area (Å²) in [5, 5.41) is 2.87. The number of halogens is 1. The lowest BCUT2D eigenvalue weighted by atomic mass is 10.0. The predicted octanol–water partition coefficient (Wildman–Crippen LogP) is 7.38. The summed E-state index contributed by atoms with van der Waals surface area (Å²) >= 11 is 6.10. The van der Waals surface area contributed by atoms with Gasteiger partial charge in [0.1, 0.15) is 12.0 Å². The Morgan fingerprint density at radius 2 is 1.62 bits per heavy atom. The Kier molecular flexibility index (Phi) is 4.40. The number of aromatic amines is 2. The lowest BCUT2D eigenvalue weighted by molar-refractivity contribution is 0.570. The molecule has 0 aliphatic heterocycles. The van der Waals surface area contributed by atoms with Crippen molar-refractivity contribution in [1.29, 1.82) is 0 Å². The first kappa shape index (κ1) is 18.7. The minimum absolute atomic E-state index is 0.303. The van der Waals surface area contributed by atoms with E-state index in [-0.39, 0.29) is 0 Å². The first-order valence-corrected chi connectivity index (χ1v) is 10.6. The van der Waals surface area contributed by atoms with Crippen LogP contribution in [0.3, 0.4) is 0 Å². The molecule has 0 saturated carbocycles. The smallest absolute Gasteiger partial charge is 0.322 e. The van der Waals surface area contributed by atoms with E-state index >= 15 is 0 Å². The standard InChI is InChI=1S/C26H17ClN4O/c27-18-11-9-16(10-12-18)25-24(20-6-2-4-8-22(20)30-25)23-15-32-26(31-23)29-14-17-13-28-21-7-3-1-5-19(17)21/h1-15,28,30H/b29-14+. The highest BCUT2D eigenvalue weighted by Gasteiger charge is 2.18. The van der Waals surface area contributed by atoms with Crippen LogP contribution in [0.2, 0.25) is 5.02 Å². The van der Waals surface area contributed by atoms with Gasteiger partial charge in [-0.3, -0.25) is 0 Å². The van der Waals surface area contributed by atoms with Gasteiger partial charge in [-0.2, -0.15) is 4.98 Å². The van der Waals surface area contributed by atoms with Gasteiger partial charge in [-0.15, -0.1) is 0 Å². The van der Waals surface area contributed by atoms with Gasteiger partial charge < -0.3 is 14.4 Å². The molecule has 0 bridgehead atoms. The molecule has 0 aliphatic rings. The largest absolute Gasteiger partial charge is 0.430 e. The van der Waals surface area contributed by atoms with Gasteiger partial charge in [0.25, 0.3) is 0 Å². The van der Waals surface area contributed by atoms with Crippen LogP contribution >= 0.6 is 11.6 Å². The Balaban J connectivity index is 1.42. The average molecular weight is 437 g/mol. The third-order valence-electron chi connectivity index (χ3n) is 5.52. The van der Waals surface area contributed by atoms with Crippen molar-refractivity contribution < 1.29 is 4.42 Å². The summed E-state index contributed by atoms with van der Waals surface area (Å²) in [6.07, 6.45) is 5.34. The number of para-hydroxylation sites is 2. The molecule has 3 aromatic heterocycles. The van der Waals surface area contributed by atoms with Crippen molar-refractivity contribution >= 4 is 45.6 Å². The van der Waals surface area contributed by atoms with E-state index in [0.717, 1.165) is 49.9 Å². The van der Waals surface area contributed by atoms with Crippen LogP contribution in [-0.4, -0.2) is 21.2 Å². The Labute approximate surface area is 188 Å². The lowest BCUT2D eigenvalue weighted by Gasteiger charge is -2.02. The highest BCUT2D eigenvalue weighted by molar-refractivity contribution is 6.30. The van der Waals surface area contributed by atoms with Crippen LogP contribution in [0.4, 0.5) is 6.01 Å². The Hall–Kier alpha value is -4.09. The first-order chi connectivity index (χ1) is 15.8. The number of fused-ring (bicyclic) bond motifs is 2. The number of aromatic nitrogens is 3. The molecule has 0 aliphatic carbocycles. The molecule has 6 aromatic rings. The second kappa shape index (κ2) is 7.55. The Bertz CT molecular complexity index is 1590. The molecule has 0 unspecified atom stereocenters. The number of rotatable bonds is 4. The number of aliphatic imine (C=N–C) groups is 1. The maximum atomic E-state index is 6.10. The van der Waals surface area contributed by atoms with Gasteiger partial charge >= 0.3 is 6.01 Å². The number of nitrogens with zero attached hydrogens (tertiary/aromatic N) is 2. The summed E-state index contributed by atoms with van der Waals surface area (Å²) < 4.78 is 5.70. The topological polar surface area (TPSA) is 70.0 Å². The van der Waals surface area contributed by atoms with Crippen LogP contribution in [0.25, 0.3) is 44.3 Å².